The minimum absolute atomic E-state index is 0.132. The van der Waals surface area contributed by atoms with Crippen LogP contribution in [-0.4, -0.2) is 47.2 Å². The lowest BCUT2D eigenvalue weighted by molar-refractivity contribution is 0.194. The van der Waals surface area contributed by atoms with Crippen molar-refractivity contribution in [2.45, 2.75) is 45.3 Å². The van der Waals surface area contributed by atoms with Crippen LogP contribution in [0.3, 0.4) is 0 Å². The van der Waals surface area contributed by atoms with Crippen molar-refractivity contribution >= 4 is 5.82 Å². The molecular formula is C14H24N4O. The third kappa shape index (κ3) is 4.35. The van der Waals surface area contributed by atoms with Gasteiger partial charge in [-0.25, -0.2) is 9.97 Å². The number of hydrogen-bond acceptors (Lipinski definition) is 5. The quantitative estimate of drug-likeness (QED) is 0.883. The van der Waals surface area contributed by atoms with Gasteiger partial charge in [0, 0.05) is 18.7 Å². The SMILES string of the molecule is CC(C)Oc1cc(NCC2CCCCN2C)ncn1. The van der Waals surface area contributed by atoms with Gasteiger partial charge < -0.3 is 15.0 Å². The van der Waals surface area contributed by atoms with Crippen LogP contribution < -0.4 is 10.1 Å². The number of nitrogens with one attached hydrogen (secondary N) is 1. The largest absolute Gasteiger partial charge is 0.475 e. The smallest absolute Gasteiger partial charge is 0.218 e. The third-order valence-electron chi connectivity index (χ3n) is 3.44. The maximum Gasteiger partial charge on any atom is 0.218 e. The molecule has 1 fully saturated rings. The average molecular weight is 264 g/mol. The van der Waals surface area contributed by atoms with Gasteiger partial charge in [0.05, 0.1) is 6.10 Å². The molecule has 1 unspecified atom stereocenters. The Bertz CT molecular complexity index is 397. The summed E-state index contributed by atoms with van der Waals surface area (Å²) in [5.41, 5.74) is 0. The highest BCUT2D eigenvalue weighted by atomic mass is 16.5. The Morgan fingerprint density at radius 3 is 3.00 bits per heavy atom. The molecule has 1 aromatic heterocycles. The highest BCUT2D eigenvalue weighted by Gasteiger charge is 2.18. The molecule has 106 valence electrons. The molecule has 1 aliphatic rings. The number of likely N-dealkylation sites (N-methyl/N-ethyl adjacent to an activating group) is 1. The zero-order valence-electron chi connectivity index (χ0n) is 12.1. The van der Waals surface area contributed by atoms with E-state index in [1.165, 1.54) is 25.8 Å². The minimum atomic E-state index is 0.132. The summed E-state index contributed by atoms with van der Waals surface area (Å²) < 4.78 is 5.57. The van der Waals surface area contributed by atoms with Crippen molar-refractivity contribution < 1.29 is 4.74 Å². The molecular weight excluding hydrogens is 240 g/mol. The summed E-state index contributed by atoms with van der Waals surface area (Å²) in [6, 6.07) is 2.46. The Morgan fingerprint density at radius 1 is 1.42 bits per heavy atom. The second-order valence-electron chi connectivity index (χ2n) is 5.42. The van der Waals surface area contributed by atoms with Crippen molar-refractivity contribution in [1.29, 1.82) is 0 Å². The molecule has 1 aliphatic heterocycles. The van der Waals surface area contributed by atoms with Crippen molar-refractivity contribution in [3.8, 4) is 5.88 Å². The fraction of sp³-hybridized carbons (Fsp3) is 0.714. The normalized spacial score (nSPS) is 20.5. The Morgan fingerprint density at radius 2 is 2.26 bits per heavy atom. The Balaban J connectivity index is 1.88. The third-order valence-corrected chi connectivity index (χ3v) is 3.44. The van der Waals surface area contributed by atoms with E-state index in [0.29, 0.717) is 11.9 Å². The summed E-state index contributed by atoms with van der Waals surface area (Å²) in [5, 5.41) is 3.39. The van der Waals surface area contributed by atoms with Crippen molar-refractivity contribution in [1.82, 2.24) is 14.9 Å². The molecule has 0 bridgehead atoms. The highest BCUT2D eigenvalue weighted by Crippen LogP contribution is 2.17. The highest BCUT2D eigenvalue weighted by molar-refractivity contribution is 5.37. The Labute approximate surface area is 115 Å². The molecule has 1 saturated heterocycles. The first kappa shape index (κ1) is 14.1. The summed E-state index contributed by atoms with van der Waals surface area (Å²) in [6.45, 7) is 6.10. The lowest BCUT2D eigenvalue weighted by Gasteiger charge is -2.32. The summed E-state index contributed by atoms with van der Waals surface area (Å²) in [4.78, 5) is 10.8. The van der Waals surface area contributed by atoms with Crippen LogP contribution in [0.4, 0.5) is 5.82 Å². The van der Waals surface area contributed by atoms with Crippen LogP contribution in [-0.2, 0) is 0 Å². The number of hydrogen-bond donors (Lipinski definition) is 1. The van der Waals surface area contributed by atoms with Crippen molar-refractivity contribution in [3.05, 3.63) is 12.4 Å². The van der Waals surface area contributed by atoms with Gasteiger partial charge >= 0.3 is 0 Å². The van der Waals surface area contributed by atoms with Gasteiger partial charge in [0.2, 0.25) is 5.88 Å². The Kier molecular flexibility index (Phi) is 4.96. The van der Waals surface area contributed by atoms with Crippen LogP contribution >= 0.6 is 0 Å². The molecule has 5 nitrogen and oxygen atoms in total. The number of piperidine rings is 1. The fourth-order valence-corrected chi connectivity index (χ4v) is 2.37. The van der Waals surface area contributed by atoms with E-state index in [2.05, 4.69) is 27.2 Å². The first-order valence-corrected chi connectivity index (χ1v) is 7.08. The van der Waals surface area contributed by atoms with E-state index in [4.69, 9.17) is 4.74 Å². The molecule has 1 N–H and O–H groups in total. The van der Waals surface area contributed by atoms with Crippen molar-refractivity contribution in [2.24, 2.45) is 0 Å². The van der Waals surface area contributed by atoms with Crippen LogP contribution in [0, 0.1) is 0 Å². The number of nitrogens with zero attached hydrogens (tertiary/aromatic N) is 3. The zero-order chi connectivity index (χ0) is 13.7. The fourth-order valence-electron chi connectivity index (χ4n) is 2.37. The van der Waals surface area contributed by atoms with Gasteiger partial charge in [0.25, 0.3) is 0 Å². The number of ether oxygens (including phenoxy) is 1. The van der Waals surface area contributed by atoms with Gasteiger partial charge in [-0.05, 0) is 40.3 Å². The van der Waals surface area contributed by atoms with E-state index in [1.807, 2.05) is 19.9 Å². The second kappa shape index (κ2) is 6.70. The molecule has 0 radical (unpaired) electrons. The molecule has 1 aromatic rings. The van der Waals surface area contributed by atoms with E-state index < -0.39 is 0 Å². The molecule has 0 amide bonds. The number of likely N-dealkylation sites (tertiary alicyclic amines) is 1. The van der Waals surface area contributed by atoms with E-state index in [0.717, 1.165) is 12.4 Å². The monoisotopic (exact) mass is 264 g/mol. The van der Waals surface area contributed by atoms with E-state index >= 15 is 0 Å². The first-order valence-electron chi connectivity index (χ1n) is 7.08. The summed E-state index contributed by atoms with van der Waals surface area (Å²) in [7, 11) is 2.19. The van der Waals surface area contributed by atoms with Crippen molar-refractivity contribution in [2.75, 3.05) is 25.5 Å². The van der Waals surface area contributed by atoms with Gasteiger partial charge in [-0.2, -0.15) is 0 Å². The molecule has 5 heteroatoms. The lowest BCUT2D eigenvalue weighted by atomic mass is 10.0. The van der Waals surface area contributed by atoms with Crippen LogP contribution in [0.15, 0.2) is 12.4 Å². The molecule has 0 aliphatic carbocycles. The predicted molar refractivity (Wildman–Crippen MR) is 76.6 cm³/mol. The van der Waals surface area contributed by atoms with E-state index in [1.54, 1.807) is 6.33 Å². The van der Waals surface area contributed by atoms with Gasteiger partial charge in [-0.15, -0.1) is 0 Å². The maximum absolute atomic E-state index is 5.57. The molecule has 0 aromatic carbocycles. The number of anilines is 1. The van der Waals surface area contributed by atoms with Gasteiger partial charge in [-0.3, -0.25) is 0 Å². The van der Waals surface area contributed by atoms with Crippen LogP contribution in [0.5, 0.6) is 5.88 Å². The summed E-state index contributed by atoms with van der Waals surface area (Å²) >= 11 is 0. The minimum Gasteiger partial charge on any atom is -0.475 e. The maximum atomic E-state index is 5.57. The molecule has 0 spiro atoms. The van der Waals surface area contributed by atoms with Gasteiger partial charge in [0.1, 0.15) is 12.1 Å². The topological polar surface area (TPSA) is 50.3 Å². The van der Waals surface area contributed by atoms with Crippen molar-refractivity contribution in [3.63, 3.8) is 0 Å². The van der Waals surface area contributed by atoms with E-state index in [9.17, 15) is 0 Å². The molecule has 0 saturated carbocycles. The van der Waals surface area contributed by atoms with E-state index in [-0.39, 0.29) is 6.10 Å². The van der Waals surface area contributed by atoms with Crippen LogP contribution in [0.2, 0.25) is 0 Å². The summed E-state index contributed by atoms with van der Waals surface area (Å²) in [6.07, 6.45) is 5.57. The second-order valence-corrected chi connectivity index (χ2v) is 5.42. The van der Waals surface area contributed by atoms with Gasteiger partial charge in [0.15, 0.2) is 0 Å². The lowest BCUT2D eigenvalue weighted by Crippen LogP contribution is -2.40. The van der Waals surface area contributed by atoms with Gasteiger partial charge in [-0.1, -0.05) is 6.42 Å². The average Bonchev–Trinajstić information content (AvgIpc) is 2.37. The number of rotatable bonds is 5. The Hall–Kier alpha value is -1.36. The molecule has 1 atom stereocenters. The standard InChI is InChI=1S/C14H24N4O/c1-11(2)19-14-8-13(16-10-17-14)15-9-12-6-4-5-7-18(12)3/h8,10-12H,4-7,9H2,1-3H3,(H,15,16,17). The van der Waals surface area contributed by atoms with Crippen LogP contribution in [0.25, 0.3) is 0 Å². The molecule has 19 heavy (non-hydrogen) atoms. The first-order chi connectivity index (χ1) is 9.15. The summed E-state index contributed by atoms with van der Waals surface area (Å²) in [5.74, 6) is 1.47. The zero-order valence-corrected chi connectivity index (χ0v) is 12.1. The molecule has 2 rings (SSSR count). The number of aromatic nitrogens is 2. The predicted octanol–water partition coefficient (Wildman–Crippen LogP) is 2.16. The molecule has 2 heterocycles. The van der Waals surface area contributed by atoms with Crippen LogP contribution in [0.1, 0.15) is 33.1 Å².